The quantitative estimate of drug-likeness (QED) is 0.267. The molecule has 2 aliphatic heterocycles. The molecule has 1 saturated carbocycles. The minimum atomic E-state index is -1.30. The Morgan fingerprint density at radius 1 is 0.889 bits per heavy atom. The Morgan fingerprint density at radius 2 is 1.59 bits per heavy atom. The number of ketones is 3. The largest absolute Gasteiger partial charge is 0.458 e. The molecule has 3 fully saturated rings. The van der Waals surface area contributed by atoms with E-state index in [1.54, 1.807) is 20.8 Å². The summed E-state index contributed by atoms with van der Waals surface area (Å²) in [7, 11) is 0. The second-order valence-corrected chi connectivity index (χ2v) is 15.6. The van der Waals surface area contributed by atoms with E-state index in [9.17, 15) is 28.8 Å². The molecule has 1 spiro atoms. The zero-order chi connectivity index (χ0) is 38.9. The summed E-state index contributed by atoms with van der Waals surface area (Å²) in [5.41, 5.74) is -1.09. The van der Waals surface area contributed by atoms with Crippen LogP contribution in [0.2, 0.25) is 0 Å². The van der Waals surface area contributed by atoms with Crippen molar-refractivity contribution in [3.05, 3.63) is 75.9 Å². The van der Waals surface area contributed by atoms with E-state index in [-0.39, 0.29) is 71.7 Å². The molecule has 286 valence electrons. The average molecular weight is 745 g/mol. The zero-order valence-corrected chi connectivity index (χ0v) is 31.3. The maximum absolute atomic E-state index is 14.8. The molecule has 0 aromatic heterocycles. The van der Waals surface area contributed by atoms with Gasteiger partial charge in [0.1, 0.15) is 23.2 Å². The van der Waals surface area contributed by atoms with Gasteiger partial charge in [-0.1, -0.05) is 36.4 Å². The first-order valence-corrected chi connectivity index (χ1v) is 18.2. The van der Waals surface area contributed by atoms with Crippen molar-refractivity contribution in [2.75, 3.05) is 0 Å². The number of carbonyl (C=O) groups excluding carboxylic acids is 6. The SMILES string of the molecule is CC(=O)Oc1c([C@H]2C[C@@H](OC(C)=O)[C@H](OC(C)=O)[C@@H](C)O2)ccc2c1C(=O)C1=C(C2=O)[C@H]2C(=O)C[C@](C)(OCc3ccccc3)C[C@]23OC(C)(C)O[C@@H]3C1. The highest BCUT2D eigenvalue weighted by atomic mass is 16.8. The topological polar surface area (TPSA) is 167 Å². The predicted molar refractivity (Wildman–Crippen MR) is 187 cm³/mol. The van der Waals surface area contributed by atoms with Crippen molar-refractivity contribution in [3.8, 4) is 5.75 Å². The van der Waals surface area contributed by atoms with Crippen LogP contribution in [0.5, 0.6) is 5.75 Å². The third-order valence-electron chi connectivity index (χ3n) is 10.9. The molecule has 7 rings (SSSR count). The molecule has 2 heterocycles. The lowest BCUT2D eigenvalue weighted by molar-refractivity contribution is -0.204. The monoisotopic (exact) mass is 744 g/mol. The van der Waals surface area contributed by atoms with Crippen molar-refractivity contribution in [1.29, 1.82) is 0 Å². The molecule has 0 unspecified atom stereocenters. The maximum atomic E-state index is 14.8. The van der Waals surface area contributed by atoms with Crippen LogP contribution in [0.3, 0.4) is 0 Å². The van der Waals surface area contributed by atoms with Gasteiger partial charge in [0.25, 0.3) is 0 Å². The lowest BCUT2D eigenvalue weighted by Gasteiger charge is -2.52. The molecule has 0 N–H and O–H groups in total. The van der Waals surface area contributed by atoms with E-state index in [1.165, 1.54) is 32.9 Å². The molecule has 13 heteroatoms. The van der Waals surface area contributed by atoms with E-state index in [4.69, 9.17) is 33.2 Å². The van der Waals surface area contributed by atoms with Crippen LogP contribution in [0.25, 0.3) is 0 Å². The number of benzene rings is 2. The smallest absolute Gasteiger partial charge is 0.308 e. The summed E-state index contributed by atoms with van der Waals surface area (Å²) in [6, 6.07) is 12.6. The van der Waals surface area contributed by atoms with E-state index < -0.39 is 82.9 Å². The number of ether oxygens (including phenoxy) is 7. The minimum absolute atomic E-state index is 0.0163. The molecule has 5 aliphatic rings. The van der Waals surface area contributed by atoms with Gasteiger partial charge in [0.15, 0.2) is 23.5 Å². The molecule has 2 aromatic carbocycles. The number of Topliss-reactive ketones (excluding diaryl/α,β-unsaturated/α-hetero) is 3. The highest BCUT2D eigenvalue weighted by Gasteiger charge is 2.69. The molecule has 0 bridgehead atoms. The summed E-state index contributed by atoms with van der Waals surface area (Å²) in [5.74, 6) is -5.83. The van der Waals surface area contributed by atoms with E-state index in [0.29, 0.717) is 0 Å². The number of rotatable bonds is 7. The van der Waals surface area contributed by atoms with Crippen LogP contribution in [0.4, 0.5) is 0 Å². The Morgan fingerprint density at radius 3 is 2.26 bits per heavy atom. The van der Waals surface area contributed by atoms with Gasteiger partial charge in [0.2, 0.25) is 0 Å². The third kappa shape index (κ3) is 6.61. The number of esters is 3. The summed E-state index contributed by atoms with van der Waals surface area (Å²) >= 11 is 0. The van der Waals surface area contributed by atoms with Crippen molar-refractivity contribution in [3.63, 3.8) is 0 Å². The molecule has 0 amide bonds. The Hall–Kier alpha value is -4.56. The lowest BCUT2D eigenvalue weighted by atomic mass is 9.56. The molecule has 2 saturated heterocycles. The fraction of sp³-hybridized carbons (Fsp3) is 0.512. The minimum Gasteiger partial charge on any atom is -0.458 e. The van der Waals surface area contributed by atoms with Crippen molar-refractivity contribution < 1.29 is 61.9 Å². The van der Waals surface area contributed by atoms with E-state index in [2.05, 4.69) is 0 Å². The van der Waals surface area contributed by atoms with Crippen LogP contribution in [-0.4, -0.2) is 76.7 Å². The number of fused-ring (bicyclic) bond motifs is 2. The molecule has 13 nitrogen and oxygen atoms in total. The first kappa shape index (κ1) is 37.7. The fourth-order valence-electron chi connectivity index (χ4n) is 9.13. The first-order valence-electron chi connectivity index (χ1n) is 18.2. The summed E-state index contributed by atoms with van der Waals surface area (Å²) in [6.45, 7) is 10.9. The van der Waals surface area contributed by atoms with Gasteiger partial charge in [-0.2, -0.15) is 0 Å². The second kappa shape index (κ2) is 13.6. The summed E-state index contributed by atoms with van der Waals surface area (Å²) in [5, 5.41) is 0. The normalized spacial score (nSPS) is 32.5. The van der Waals surface area contributed by atoms with Crippen LogP contribution < -0.4 is 4.74 Å². The van der Waals surface area contributed by atoms with E-state index in [0.717, 1.165) is 5.56 Å². The van der Waals surface area contributed by atoms with Crippen molar-refractivity contribution >= 4 is 35.3 Å². The van der Waals surface area contributed by atoms with Gasteiger partial charge in [-0.05, 0) is 39.3 Å². The Labute approximate surface area is 312 Å². The maximum Gasteiger partial charge on any atom is 0.308 e. The Kier molecular flexibility index (Phi) is 9.53. The molecule has 8 atom stereocenters. The Balaban J connectivity index is 1.28. The molecule has 0 radical (unpaired) electrons. The van der Waals surface area contributed by atoms with Gasteiger partial charge in [-0.25, -0.2) is 0 Å². The summed E-state index contributed by atoms with van der Waals surface area (Å²) in [4.78, 5) is 80.6. The fourth-order valence-corrected chi connectivity index (χ4v) is 9.13. The standard InChI is InChI=1S/C41H44O13/c1-20-37(51-22(3)43)30(50-21(2)42)16-29(49-20)25-13-14-26-33(38(25)52-23(4)44)36(47)27-15-31-41(54-39(5,6)53-31)19-40(7,48-18-24-11-9-8-10-12-24)17-28(45)34(41)32(27)35(26)46/h8-14,20,29-31,34,37H,15-19H2,1-7H3/t20-,29-,30-,31-,34-,37-,40+,41-/m1/s1. The molecule has 3 aliphatic carbocycles. The first-order chi connectivity index (χ1) is 25.4. The summed E-state index contributed by atoms with van der Waals surface area (Å²) in [6.07, 6.45) is -4.18. The van der Waals surface area contributed by atoms with Gasteiger partial charge in [-0.15, -0.1) is 0 Å². The molecule has 2 aromatic rings. The number of carbonyl (C=O) groups is 6. The number of hydrogen-bond acceptors (Lipinski definition) is 13. The average Bonchev–Trinajstić information content (AvgIpc) is 3.34. The van der Waals surface area contributed by atoms with Crippen LogP contribution in [0.15, 0.2) is 53.6 Å². The van der Waals surface area contributed by atoms with Gasteiger partial charge in [0.05, 0.1) is 42.0 Å². The van der Waals surface area contributed by atoms with Gasteiger partial charge in [-0.3, -0.25) is 28.8 Å². The zero-order valence-electron chi connectivity index (χ0n) is 31.3. The highest BCUT2D eigenvalue weighted by molar-refractivity contribution is 6.30. The van der Waals surface area contributed by atoms with Crippen LogP contribution >= 0.6 is 0 Å². The lowest BCUT2D eigenvalue weighted by Crippen LogP contribution is -2.63. The van der Waals surface area contributed by atoms with Crippen molar-refractivity contribution in [2.24, 2.45) is 5.92 Å². The van der Waals surface area contributed by atoms with E-state index in [1.807, 2.05) is 37.3 Å². The van der Waals surface area contributed by atoms with Gasteiger partial charge >= 0.3 is 17.9 Å². The predicted octanol–water partition coefficient (Wildman–Crippen LogP) is 5.25. The van der Waals surface area contributed by atoms with Crippen LogP contribution in [0.1, 0.15) is 112 Å². The highest BCUT2D eigenvalue weighted by Crippen LogP contribution is 2.59. The molecular weight excluding hydrogens is 700 g/mol. The molecular formula is C41H44O13. The number of hydrogen-bond donors (Lipinski definition) is 0. The van der Waals surface area contributed by atoms with Crippen molar-refractivity contribution in [2.45, 2.75) is 128 Å². The second-order valence-electron chi connectivity index (χ2n) is 15.6. The third-order valence-corrected chi connectivity index (χ3v) is 10.9. The van der Waals surface area contributed by atoms with Crippen molar-refractivity contribution in [1.82, 2.24) is 0 Å². The van der Waals surface area contributed by atoms with Gasteiger partial charge in [0, 0.05) is 68.7 Å². The van der Waals surface area contributed by atoms with Crippen LogP contribution in [-0.2, 0) is 54.2 Å². The van der Waals surface area contributed by atoms with Gasteiger partial charge < -0.3 is 33.2 Å². The summed E-state index contributed by atoms with van der Waals surface area (Å²) < 4.78 is 42.5. The van der Waals surface area contributed by atoms with Crippen LogP contribution in [0, 0.1) is 5.92 Å². The molecule has 54 heavy (non-hydrogen) atoms. The van der Waals surface area contributed by atoms with E-state index >= 15 is 0 Å². The Bertz CT molecular complexity index is 1980.